The third kappa shape index (κ3) is 3.57. The second-order valence-corrected chi connectivity index (χ2v) is 5.64. The van der Waals surface area contributed by atoms with E-state index in [1.807, 2.05) is 18.2 Å². The number of carbonyl (C=O) groups is 1. The normalized spacial score (nSPS) is 10.3. The summed E-state index contributed by atoms with van der Waals surface area (Å²) >= 11 is 9.47. The van der Waals surface area contributed by atoms with Crippen LogP contribution in [0.1, 0.15) is 15.9 Å². The van der Waals surface area contributed by atoms with Gasteiger partial charge in [-0.15, -0.1) is 0 Å². The fraction of sp³-hybridized carbons (Fsp3) is 0.188. The first-order valence-corrected chi connectivity index (χ1v) is 7.42. The van der Waals surface area contributed by atoms with E-state index >= 15 is 0 Å². The first-order chi connectivity index (χ1) is 10.1. The molecule has 2 rings (SSSR count). The van der Waals surface area contributed by atoms with Crippen LogP contribution in [0.5, 0.6) is 11.5 Å². The second-order valence-electron chi connectivity index (χ2n) is 4.38. The SMILES string of the molecule is COc1cc(C(=O)Cc2ccccc2Cl)c(OC)cc1Br. The number of hydrogen-bond donors (Lipinski definition) is 0. The lowest BCUT2D eigenvalue weighted by atomic mass is 10.0. The highest BCUT2D eigenvalue weighted by molar-refractivity contribution is 9.10. The number of benzene rings is 2. The minimum Gasteiger partial charge on any atom is -0.496 e. The number of ketones is 1. The van der Waals surface area contributed by atoms with Gasteiger partial charge in [0, 0.05) is 11.4 Å². The van der Waals surface area contributed by atoms with Crippen molar-refractivity contribution >= 4 is 33.3 Å². The lowest BCUT2D eigenvalue weighted by Crippen LogP contribution is -2.07. The number of methoxy groups -OCH3 is 2. The third-order valence-corrected chi connectivity index (χ3v) is 4.07. The lowest BCUT2D eigenvalue weighted by molar-refractivity contribution is 0.0989. The maximum Gasteiger partial charge on any atom is 0.171 e. The lowest BCUT2D eigenvalue weighted by Gasteiger charge is -2.12. The van der Waals surface area contributed by atoms with Crippen molar-refractivity contribution in [1.29, 1.82) is 0 Å². The van der Waals surface area contributed by atoms with E-state index < -0.39 is 0 Å². The summed E-state index contributed by atoms with van der Waals surface area (Å²) in [4.78, 5) is 12.5. The molecule has 0 saturated carbocycles. The van der Waals surface area contributed by atoms with Crippen molar-refractivity contribution < 1.29 is 14.3 Å². The van der Waals surface area contributed by atoms with Crippen LogP contribution in [0, 0.1) is 0 Å². The smallest absolute Gasteiger partial charge is 0.171 e. The summed E-state index contributed by atoms with van der Waals surface area (Å²) in [5.74, 6) is 1.00. The van der Waals surface area contributed by atoms with Crippen molar-refractivity contribution in [3.8, 4) is 11.5 Å². The van der Waals surface area contributed by atoms with Gasteiger partial charge in [-0.3, -0.25) is 4.79 Å². The number of hydrogen-bond acceptors (Lipinski definition) is 3. The van der Waals surface area contributed by atoms with E-state index in [0.29, 0.717) is 22.1 Å². The molecule has 0 saturated heterocycles. The van der Waals surface area contributed by atoms with Gasteiger partial charge in [-0.05, 0) is 39.7 Å². The number of carbonyl (C=O) groups excluding carboxylic acids is 1. The molecule has 2 aromatic rings. The molecule has 0 bridgehead atoms. The molecule has 0 aliphatic rings. The highest BCUT2D eigenvalue weighted by Gasteiger charge is 2.17. The van der Waals surface area contributed by atoms with E-state index in [0.717, 1.165) is 10.0 Å². The van der Waals surface area contributed by atoms with Crippen LogP contribution >= 0.6 is 27.5 Å². The van der Waals surface area contributed by atoms with Crippen LogP contribution in [-0.2, 0) is 6.42 Å². The van der Waals surface area contributed by atoms with Crippen molar-refractivity contribution in [2.75, 3.05) is 14.2 Å². The first-order valence-electron chi connectivity index (χ1n) is 6.25. The van der Waals surface area contributed by atoms with Crippen LogP contribution in [-0.4, -0.2) is 20.0 Å². The Morgan fingerprint density at radius 2 is 1.81 bits per heavy atom. The van der Waals surface area contributed by atoms with E-state index in [2.05, 4.69) is 15.9 Å². The summed E-state index contributed by atoms with van der Waals surface area (Å²) in [6.07, 6.45) is 0.209. The molecule has 0 spiro atoms. The topological polar surface area (TPSA) is 35.5 Å². The summed E-state index contributed by atoms with van der Waals surface area (Å²) in [7, 11) is 3.08. The highest BCUT2D eigenvalue weighted by Crippen LogP contribution is 2.33. The zero-order valence-electron chi connectivity index (χ0n) is 11.7. The van der Waals surface area contributed by atoms with E-state index in [1.165, 1.54) is 7.11 Å². The molecule has 0 radical (unpaired) electrons. The van der Waals surface area contributed by atoms with Crippen molar-refractivity contribution in [1.82, 2.24) is 0 Å². The summed E-state index contributed by atoms with van der Waals surface area (Å²) in [5.41, 5.74) is 1.26. The highest BCUT2D eigenvalue weighted by atomic mass is 79.9. The Morgan fingerprint density at radius 3 is 2.43 bits per heavy atom. The maximum absolute atomic E-state index is 12.5. The molecule has 110 valence electrons. The molecule has 0 heterocycles. The van der Waals surface area contributed by atoms with Gasteiger partial charge in [0.05, 0.1) is 24.3 Å². The molecule has 0 amide bonds. The molecule has 0 unspecified atom stereocenters. The van der Waals surface area contributed by atoms with Gasteiger partial charge in [-0.2, -0.15) is 0 Å². The summed E-state index contributed by atoms with van der Waals surface area (Å²) in [6.45, 7) is 0. The molecular weight excluding hydrogens is 356 g/mol. The number of rotatable bonds is 5. The van der Waals surface area contributed by atoms with Crippen LogP contribution in [0.3, 0.4) is 0 Å². The van der Waals surface area contributed by atoms with Gasteiger partial charge in [0.1, 0.15) is 11.5 Å². The molecule has 2 aromatic carbocycles. The Morgan fingerprint density at radius 1 is 1.14 bits per heavy atom. The zero-order valence-corrected chi connectivity index (χ0v) is 14.0. The molecule has 5 heteroatoms. The van der Waals surface area contributed by atoms with Gasteiger partial charge < -0.3 is 9.47 Å². The van der Waals surface area contributed by atoms with E-state index in [-0.39, 0.29) is 12.2 Å². The number of ether oxygens (including phenoxy) is 2. The molecule has 21 heavy (non-hydrogen) atoms. The monoisotopic (exact) mass is 368 g/mol. The molecule has 3 nitrogen and oxygen atoms in total. The van der Waals surface area contributed by atoms with E-state index in [1.54, 1.807) is 25.3 Å². The molecule has 0 fully saturated rings. The average Bonchev–Trinajstić information content (AvgIpc) is 2.49. The van der Waals surface area contributed by atoms with Crippen LogP contribution < -0.4 is 9.47 Å². The standard InChI is InChI=1S/C16H14BrClO3/c1-20-15-9-12(17)16(21-2)8-11(15)14(19)7-10-5-3-4-6-13(10)18/h3-6,8-9H,7H2,1-2H3. The van der Waals surface area contributed by atoms with Gasteiger partial charge in [0.15, 0.2) is 5.78 Å². The summed E-state index contributed by atoms with van der Waals surface area (Å²) < 4.78 is 11.2. The van der Waals surface area contributed by atoms with Crippen LogP contribution in [0.15, 0.2) is 40.9 Å². The summed E-state index contributed by atoms with van der Waals surface area (Å²) in [5, 5.41) is 0.578. The third-order valence-electron chi connectivity index (χ3n) is 3.08. The quantitative estimate of drug-likeness (QED) is 0.726. The number of halogens is 2. The molecule has 0 atom stereocenters. The first kappa shape index (κ1) is 15.9. The van der Waals surface area contributed by atoms with Crippen LogP contribution in [0.25, 0.3) is 0 Å². The Balaban J connectivity index is 2.36. The Hall–Kier alpha value is -1.52. The average molecular weight is 370 g/mol. The van der Waals surface area contributed by atoms with Gasteiger partial charge in [0.2, 0.25) is 0 Å². The van der Waals surface area contributed by atoms with Crippen LogP contribution in [0.2, 0.25) is 5.02 Å². The minimum absolute atomic E-state index is 0.0780. The number of Topliss-reactive ketones (excluding diaryl/α,β-unsaturated/α-hetero) is 1. The summed E-state index contributed by atoms with van der Waals surface area (Å²) in [6, 6.07) is 10.7. The van der Waals surface area contributed by atoms with Gasteiger partial charge in [-0.1, -0.05) is 29.8 Å². The van der Waals surface area contributed by atoms with Crippen molar-refractivity contribution in [3.63, 3.8) is 0 Å². The van der Waals surface area contributed by atoms with E-state index in [9.17, 15) is 4.79 Å². The largest absolute Gasteiger partial charge is 0.496 e. The Kier molecular flexibility index (Phi) is 5.26. The molecule has 0 aliphatic carbocycles. The molecule has 0 aromatic heterocycles. The second kappa shape index (κ2) is 6.96. The van der Waals surface area contributed by atoms with Gasteiger partial charge in [-0.25, -0.2) is 0 Å². The Labute approximate surface area is 137 Å². The predicted octanol–water partition coefficient (Wildman–Crippen LogP) is 4.55. The molecule has 0 N–H and O–H groups in total. The fourth-order valence-electron chi connectivity index (χ4n) is 1.99. The predicted molar refractivity (Wildman–Crippen MR) is 86.7 cm³/mol. The van der Waals surface area contributed by atoms with Crippen molar-refractivity contribution in [2.45, 2.75) is 6.42 Å². The minimum atomic E-state index is -0.0780. The van der Waals surface area contributed by atoms with Gasteiger partial charge >= 0.3 is 0 Å². The molecule has 0 aliphatic heterocycles. The zero-order chi connectivity index (χ0) is 15.4. The van der Waals surface area contributed by atoms with E-state index in [4.69, 9.17) is 21.1 Å². The van der Waals surface area contributed by atoms with Crippen LogP contribution in [0.4, 0.5) is 0 Å². The van der Waals surface area contributed by atoms with Crippen molar-refractivity contribution in [2.24, 2.45) is 0 Å². The van der Waals surface area contributed by atoms with Gasteiger partial charge in [0.25, 0.3) is 0 Å². The van der Waals surface area contributed by atoms with Crippen molar-refractivity contribution in [3.05, 3.63) is 57.0 Å². The Bertz CT molecular complexity index is 671. The molecular formula is C16H14BrClO3. The maximum atomic E-state index is 12.5. The fourth-order valence-corrected chi connectivity index (χ4v) is 2.68.